The summed E-state index contributed by atoms with van der Waals surface area (Å²) in [6, 6.07) is 7.38. The molecule has 0 spiro atoms. The van der Waals surface area contributed by atoms with E-state index in [1.54, 1.807) is 6.07 Å². The number of fused-ring (bicyclic) bond motifs is 1. The number of ketones is 1. The molecule has 0 amide bonds. The number of hydrogen-bond donors (Lipinski definition) is 2. The van der Waals surface area contributed by atoms with Crippen molar-refractivity contribution in [1.82, 2.24) is 4.98 Å². The quantitative estimate of drug-likeness (QED) is 0.584. The van der Waals surface area contributed by atoms with Gasteiger partial charge in [-0.3, -0.25) is 9.52 Å². The number of pyridine rings is 1. The fraction of sp³-hybridized carbons (Fsp3) is 0.333. The lowest BCUT2D eigenvalue weighted by atomic mass is 9.97. The summed E-state index contributed by atoms with van der Waals surface area (Å²) in [6.45, 7) is 4.91. The first kappa shape index (κ1) is 19.5. The third-order valence-electron chi connectivity index (χ3n) is 3.93. The Morgan fingerprint density at radius 2 is 1.89 bits per heavy atom. The maximum Gasteiger partial charge on any atom is 0.263 e. The largest absolute Gasteiger partial charge is 0.489 e. The zero-order valence-electron chi connectivity index (χ0n) is 14.9. The highest BCUT2D eigenvalue weighted by atomic mass is 32.2. The van der Waals surface area contributed by atoms with E-state index in [2.05, 4.69) is 22.3 Å². The molecule has 1 aromatic heterocycles. The summed E-state index contributed by atoms with van der Waals surface area (Å²) in [5.74, 6) is 0.865. The Morgan fingerprint density at radius 1 is 1.19 bits per heavy atom. The fourth-order valence-corrected chi connectivity index (χ4v) is 3.59. The molecule has 1 aliphatic rings. The predicted molar refractivity (Wildman–Crippen MR) is 104 cm³/mol. The number of nitrogens with one attached hydrogen (secondary N) is 1. The van der Waals surface area contributed by atoms with E-state index in [0.717, 1.165) is 0 Å². The van der Waals surface area contributed by atoms with Crippen molar-refractivity contribution in [1.29, 1.82) is 0 Å². The summed E-state index contributed by atoms with van der Waals surface area (Å²) in [7, 11) is -3.87. The maximum absolute atomic E-state index is 12.6. The lowest BCUT2D eigenvalue weighted by Gasteiger charge is -2.19. The number of hydrogen-bond acceptors (Lipinski definition) is 7. The van der Waals surface area contributed by atoms with Gasteiger partial charge in [0, 0.05) is 23.2 Å². The second kappa shape index (κ2) is 7.40. The Bertz CT molecular complexity index is 956. The molecule has 0 fully saturated rings. The van der Waals surface area contributed by atoms with E-state index in [1.165, 1.54) is 30.5 Å². The Labute approximate surface area is 163 Å². The van der Waals surface area contributed by atoms with Gasteiger partial charge in [-0.2, -0.15) is 12.6 Å². The van der Waals surface area contributed by atoms with Gasteiger partial charge in [0.2, 0.25) is 0 Å². The van der Waals surface area contributed by atoms with Crippen LogP contribution in [0.1, 0.15) is 24.2 Å². The first-order chi connectivity index (χ1) is 12.7. The average Bonchev–Trinajstić information content (AvgIpc) is 2.79. The van der Waals surface area contributed by atoms with Crippen molar-refractivity contribution >= 4 is 34.3 Å². The van der Waals surface area contributed by atoms with Gasteiger partial charge in [-0.05, 0) is 24.3 Å². The summed E-state index contributed by atoms with van der Waals surface area (Å²) in [6.07, 6.45) is 1.31. The molecule has 2 heterocycles. The number of carbonyl (C=O) groups is 1. The lowest BCUT2D eigenvalue weighted by Crippen LogP contribution is -2.26. The Morgan fingerprint density at radius 3 is 2.52 bits per heavy atom. The van der Waals surface area contributed by atoms with Crippen LogP contribution in [0.5, 0.6) is 11.5 Å². The SMILES string of the molecule is CC1(C)COc2ccc(S(=O)(=O)Nc3ccc(C(=O)CS)cn3)cc2OC1. The number of thiol groups is 1. The highest BCUT2D eigenvalue weighted by molar-refractivity contribution is 7.92. The van der Waals surface area contributed by atoms with Crippen LogP contribution in [-0.4, -0.2) is 38.2 Å². The van der Waals surface area contributed by atoms with Gasteiger partial charge in [0.1, 0.15) is 5.82 Å². The van der Waals surface area contributed by atoms with E-state index in [1.807, 2.05) is 13.8 Å². The molecule has 3 rings (SSSR count). The van der Waals surface area contributed by atoms with Crippen LogP contribution in [0.2, 0.25) is 0 Å². The molecule has 0 radical (unpaired) electrons. The molecule has 0 atom stereocenters. The van der Waals surface area contributed by atoms with Gasteiger partial charge in [-0.25, -0.2) is 13.4 Å². The van der Waals surface area contributed by atoms with Crippen molar-refractivity contribution in [2.75, 3.05) is 23.7 Å². The average molecular weight is 409 g/mol. The highest BCUT2D eigenvalue weighted by Gasteiger charge is 2.26. The highest BCUT2D eigenvalue weighted by Crippen LogP contribution is 2.35. The number of benzene rings is 1. The van der Waals surface area contributed by atoms with Crippen LogP contribution >= 0.6 is 12.6 Å². The predicted octanol–water partition coefficient (Wildman–Crippen LogP) is 2.79. The molecule has 9 heteroatoms. The van der Waals surface area contributed by atoms with Gasteiger partial charge < -0.3 is 9.47 Å². The Kier molecular flexibility index (Phi) is 5.34. The third kappa shape index (κ3) is 4.54. The molecule has 1 aliphatic heterocycles. The van der Waals surface area contributed by atoms with Gasteiger partial charge in [0.15, 0.2) is 17.3 Å². The van der Waals surface area contributed by atoms with Crippen molar-refractivity contribution in [3.63, 3.8) is 0 Å². The van der Waals surface area contributed by atoms with Crippen LogP contribution < -0.4 is 14.2 Å². The zero-order chi connectivity index (χ0) is 19.7. The van der Waals surface area contributed by atoms with Crippen LogP contribution in [0, 0.1) is 5.41 Å². The third-order valence-corrected chi connectivity index (χ3v) is 5.57. The summed E-state index contributed by atoms with van der Waals surface area (Å²) in [4.78, 5) is 15.6. The summed E-state index contributed by atoms with van der Waals surface area (Å²) < 4.78 is 39.1. The van der Waals surface area contributed by atoms with Crippen molar-refractivity contribution in [3.05, 3.63) is 42.1 Å². The number of rotatable bonds is 5. The molecular formula is C18H20N2O5S2. The molecule has 0 saturated heterocycles. The number of Topliss-reactive ketones (excluding diaryl/α,β-unsaturated/α-hetero) is 1. The summed E-state index contributed by atoms with van der Waals surface area (Å²) in [5.41, 5.74) is 0.193. The van der Waals surface area contributed by atoms with E-state index in [9.17, 15) is 13.2 Å². The van der Waals surface area contributed by atoms with Gasteiger partial charge in [0.05, 0.1) is 23.9 Å². The molecule has 0 aliphatic carbocycles. The molecule has 0 unspecified atom stereocenters. The maximum atomic E-state index is 12.6. The van der Waals surface area contributed by atoms with E-state index >= 15 is 0 Å². The Hall–Kier alpha value is -2.26. The first-order valence-corrected chi connectivity index (χ1v) is 10.3. The van der Waals surface area contributed by atoms with E-state index < -0.39 is 10.0 Å². The second-order valence-corrected chi connectivity index (χ2v) is 8.97. The molecular weight excluding hydrogens is 388 g/mol. The smallest absolute Gasteiger partial charge is 0.263 e. The molecule has 1 N–H and O–H groups in total. The first-order valence-electron chi connectivity index (χ1n) is 8.23. The minimum absolute atomic E-state index is 0.0295. The van der Waals surface area contributed by atoms with E-state index in [4.69, 9.17) is 9.47 Å². The van der Waals surface area contributed by atoms with Crippen LogP contribution in [-0.2, 0) is 10.0 Å². The molecule has 0 bridgehead atoms. The topological polar surface area (TPSA) is 94.6 Å². The van der Waals surface area contributed by atoms with Crippen LogP contribution in [0.4, 0.5) is 5.82 Å². The fourth-order valence-electron chi connectivity index (χ4n) is 2.38. The molecule has 1 aromatic carbocycles. The minimum atomic E-state index is -3.87. The van der Waals surface area contributed by atoms with Crippen molar-refractivity contribution in [2.45, 2.75) is 18.7 Å². The van der Waals surface area contributed by atoms with Gasteiger partial charge in [-0.1, -0.05) is 13.8 Å². The normalized spacial score (nSPS) is 15.7. The number of nitrogens with zero attached hydrogens (tertiary/aromatic N) is 1. The molecule has 7 nitrogen and oxygen atoms in total. The van der Waals surface area contributed by atoms with Crippen LogP contribution in [0.3, 0.4) is 0 Å². The molecule has 0 saturated carbocycles. The second-order valence-electron chi connectivity index (χ2n) is 6.97. The lowest BCUT2D eigenvalue weighted by molar-refractivity contribution is 0.102. The summed E-state index contributed by atoms with van der Waals surface area (Å²) >= 11 is 3.92. The standard InChI is InChI=1S/C18H20N2O5S2/c1-18(2)10-24-15-5-4-13(7-16(15)25-11-18)27(22,23)20-17-6-3-12(8-19-17)14(21)9-26/h3-8,26H,9-11H2,1-2H3,(H,19,20). The minimum Gasteiger partial charge on any atom is -0.489 e. The zero-order valence-corrected chi connectivity index (χ0v) is 16.6. The van der Waals surface area contributed by atoms with Gasteiger partial charge in [-0.15, -0.1) is 0 Å². The molecule has 144 valence electrons. The Balaban J connectivity index is 1.81. The van der Waals surface area contributed by atoms with Crippen LogP contribution in [0.15, 0.2) is 41.4 Å². The number of aromatic nitrogens is 1. The number of sulfonamides is 1. The van der Waals surface area contributed by atoms with Crippen LogP contribution in [0.25, 0.3) is 0 Å². The number of ether oxygens (including phenoxy) is 2. The summed E-state index contributed by atoms with van der Waals surface area (Å²) in [5, 5.41) is 0. The number of anilines is 1. The van der Waals surface area contributed by atoms with E-state index in [-0.39, 0.29) is 27.7 Å². The van der Waals surface area contributed by atoms with Crippen molar-refractivity contribution in [3.8, 4) is 11.5 Å². The van der Waals surface area contributed by atoms with Gasteiger partial charge >= 0.3 is 0 Å². The molecule has 27 heavy (non-hydrogen) atoms. The molecule has 2 aromatic rings. The van der Waals surface area contributed by atoms with E-state index in [0.29, 0.717) is 30.3 Å². The monoisotopic (exact) mass is 408 g/mol. The van der Waals surface area contributed by atoms with Crippen molar-refractivity contribution < 1.29 is 22.7 Å². The van der Waals surface area contributed by atoms with Crippen molar-refractivity contribution in [2.24, 2.45) is 5.41 Å². The van der Waals surface area contributed by atoms with Gasteiger partial charge in [0.25, 0.3) is 10.0 Å². The number of carbonyl (C=O) groups excluding carboxylic acids is 1.